The molecular formula is C17H24N2O2S. The first-order chi connectivity index (χ1) is 10.2. The maximum absolute atomic E-state index is 12.4. The normalized spacial score (nSPS) is 31.6. The molecular weight excluding hydrogens is 296 g/mol. The van der Waals surface area contributed by atoms with Crippen LogP contribution in [-0.2, 0) is 10.0 Å². The van der Waals surface area contributed by atoms with Crippen molar-refractivity contribution in [1.29, 1.82) is 0 Å². The molecule has 1 aromatic carbocycles. The van der Waals surface area contributed by atoms with Gasteiger partial charge in [0.25, 0.3) is 10.0 Å². The van der Waals surface area contributed by atoms with Gasteiger partial charge in [0.2, 0.25) is 0 Å². The molecule has 0 saturated heterocycles. The second-order valence-electron chi connectivity index (χ2n) is 7.46. The number of hydrazone groups is 1. The Balaban J connectivity index is 1.85. The average molecular weight is 320 g/mol. The van der Waals surface area contributed by atoms with E-state index in [1.807, 2.05) is 6.92 Å². The highest BCUT2D eigenvalue weighted by molar-refractivity contribution is 7.89. The van der Waals surface area contributed by atoms with Crippen molar-refractivity contribution in [3.05, 3.63) is 29.8 Å². The fraction of sp³-hybridized carbons (Fsp3) is 0.588. The van der Waals surface area contributed by atoms with Crippen molar-refractivity contribution in [2.45, 2.75) is 51.9 Å². The van der Waals surface area contributed by atoms with E-state index in [2.05, 4.69) is 30.7 Å². The zero-order valence-corrected chi connectivity index (χ0v) is 14.5. The highest BCUT2D eigenvalue weighted by Gasteiger charge is 2.60. The summed E-state index contributed by atoms with van der Waals surface area (Å²) < 4.78 is 24.7. The molecule has 2 fully saturated rings. The van der Waals surface area contributed by atoms with Crippen LogP contribution in [-0.4, -0.2) is 14.1 Å². The minimum atomic E-state index is -3.58. The Morgan fingerprint density at radius 3 is 2.32 bits per heavy atom. The van der Waals surface area contributed by atoms with E-state index in [9.17, 15) is 8.42 Å². The minimum absolute atomic E-state index is 0.00740. The Morgan fingerprint density at radius 2 is 1.82 bits per heavy atom. The first-order valence-electron chi connectivity index (χ1n) is 7.82. The summed E-state index contributed by atoms with van der Waals surface area (Å²) in [5.74, 6) is 0.611. The average Bonchev–Trinajstić information content (AvgIpc) is 2.78. The van der Waals surface area contributed by atoms with Crippen LogP contribution in [0.5, 0.6) is 0 Å². The zero-order valence-electron chi connectivity index (χ0n) is 13.7. The summed E-state index contributed by atoms with van der Waals surface area (Å²) in [5.41, 5.74) is 2.24. The summed E-state index contributed by atoms with van der Waals surface area (Å²) in [7, 11) is -3.58. The van der Waals surface area contributed by atoms with E-state index in [-0.39, 0.29) is 15.7 Å². The van der Waals surface area contributed by atoms with Crippen molar-refractivity contribution in [3.8, 4) is 0 Å². The number of benzene rings is 1. The van der Waals surface area contributed by atoms with Crippen LogP contribution >= 0.6 is 0 Å². The number of aryl methyl sites for hydroxylation is 1. The highest BCUT2D eigenvalue weighted by Crippen LogP contribution is 2.63. The summed E-state index contributed by atoms with van der Waals surface area (Å²) in [4.78, 5) is 2.70. The van der Waals surface area contributed by atoms with Crippen molar-refractivity contribution in [1.82, 2.24) is 4.83 Å². The lowest BCUT2D eigenvalue weighted by molar-refractivity contribution is 0.193. The van der Waals surface area contributed by atoms with Gasteiger partial charge < -0.3 is 0 Å². The fourth-order valence-electron chi connectivity index (χ4n) is 3.98. The molecule has 4 nitrogen and oxygen atoms in total. The van der Waals surface area contributed by atoms with Gasteiger partial charge in [0.1, 0.15) is 0 Å². The van der Waals surface area contributed by atoms with Gasteiger partial charge in [0, 0.05) is 11.1 Å². The summed E-state index contributed by atoms with van der Waals surface area (Å²) in [6.45, 7) is 8.71. The molecule has 0 unspecified atom stereocenters. The molecule has 3 rings (SSSR count). The molecule has 1 aromatic rings. The van der Waals surface area contributed by atoms with Gasteiger partial charge in [-0.1, -0.05) is 38.5 Å². The molecule has 0 aliphatic heterocycles. The Bertz CT molecular complexity index is 720. The molecule has 2 aliphatic rings. The van der Waals surface area contributed by atoms with Crippen LogP contribution in [0.25, 0.3) is 0 Å². The molecule has 120 valence electrons. The van der Waals surface area contributed by atoms with E-state index in [0.29, 0.717) is 5.92 Å². The fourth-order valence-corrected chi connectivity index (χ4v) is 4.81. The second kappa shape index (κ2) is 4.82. The number of nitrogens with one attached hydrogen (secondary N) is 1. The van der Waals surface area contributed by atoms with Gasteiger partial charge >= 0.3 is 0 Å². The molecule has 2 saturated carbocycles. The number of fused-ring (bicyclic) bond motifs is 2. The summed E-state index contributed by atoms with van der Waals surface area (Å²) in [6.07, 6.45) is 3.21. The summed E-state index contributed by atoms with van der Waals surface area (Å²) >= 11 is 0. The molecule has 0 aromatic heterocycles. The Morgan fingerprint density at radius 1 is 1.18 bits per heavy atom. The largest absolute Gasteiger partial charge is 0.276 e. The molecule has 22 heavy (non-hydrogen) atoms. The quantitative estimate of drug-likeness (QED) is 0.867. The van der Waals surface area contributed by atoms with E-state index in [4.69, 9.17) is 0 Å². The molecule has 2 atom stereocenters. The lowest BCUT2D eigenvalue weighted by Gasteiger charge is -2.34. The first-order valence-corrected chi connectivity index (χ1v) is 9.31. The van der Waals surface area contributed by atoms with E-state index in [1.165, 1.54) is 6.42 Å². The van der Waals surface area contributed by atoms with Crippen LogP contribution in [0.2, 0.25) is 0 Å². The third kappa shape index (κ3) is 2.18. The molecule has 2 aliphatic carbocycles. The van der Waals surface area contributed by atoms with Crippen LogP contribution in [0.3, 0.4) is 0 Å². The van der Waals surface area contributed by atoms with Gasteiger partial charge in [-0.15, -0.1) is 0 Å². The topological polar surface area (TPSA) is 58.5 Å². The number of hydrogen-bond donors (Lipinski definition) is 1. The van der Waals surface area contributed by atoms with Crippen molar-refractivity contribution in [2.75, 3.05) is 0 Å². The lowest BCUT2D eigenvalue weighted by Crippen LogP contribution is -2.34. The SMILES string of the molecule is Cc1ccc(S(=O)(=O)NN=C2C[C@@H]3CC[C@@]2(C)C3(C)C)cc1. The van der Waals surface area contributed by atoms with Crippen molar-refractivity contribution >= 4 is 15.7 Å². The molecule has 5 heteroatoms. The highest BCUT2D eigenvalue weighted by atomic mass is 32.2. The van der Waals surface area contributed by atoms with Crippen LogP contribution in [0.15, 0.2) is 34.3 Å². The summed E-state index contributed by atoms with van der Waals surface area (Å²) in [5, 5.41) is 4.32. The maximum atomic E-state index is 12.4. The van der Waals surface area contributed by atoms with Gasteiger partial charge in [-0.05, 0) is 49.7 Å². The van der Waals surface area contributed by atoms with Gasteiger partial charge in [-0.25, -0.2) is 4.83 Å². The Hall–Kier alpha value is -1.36. The Kier molecular flexibility index (Phi) is 3.40. The molecule has 0 radical (unpaired) electrons. The number of sulfonamides is 1. The molecule has 0 heterocycles. The second-order valence-corrected chi connectivity index (χ2v) is 9.12. The van der Waals surface area contributed by atoms with Gasteiger partial charge in [0.05, 0.1) is 4.90 Å². The smallest absolute Gasteiger partial charge is 0.200 e. The Labute approximate surface area is 133 Å². The lowest BCUT2D eigenvalue weighted by atomic mass is 9.70. The standard InChI is InChI=1S/C17H24N2O2S/c1-12-5-7-14(8-6-12)22(20,21)19-18-15-11-13-9-10-17(15,4)16(13,2)3/h5-8,13,19H,9-11H2,1-4H3/t13-,17+/m0/s1. The van der Waals surface area contributed by atoms with E-state index in [0.717, 1.165) is 24.1 Å². The van der Waals surface area contributed by atoms with E-state index < -0.39 is 10.0 Å². The van der Waals surface area contributed by atoms with Crippen molar-refractivity contribution in [3.63, 3.8) is 0 Å². The third-order valence-corrected chi connectivity index (χ3v) is 7.37. The predicted octanol–water partition coefficient (Wildman–Crippen LogP) is 3.48. The molecule has 1 N–H and O–H groups in total. The zero-order chi connectivity index (χ0) is 16.2. The van der Waals surface area contributed by atoms with Crippen molar-refractivity contribution < 1.29 is 8.42 Å². The van der Waals surface area contributed by atoms with Crippen LogP contribution in [0, 0.1) is 23.7 Å². The van der Waals surface area contributed by atoms with Crippen LogP contribution in [0.1, 0.15) is 45.6 Å². The minimum Gasteiger partial charge on any atom is -0.200 e. The van der Waals surface area contributed by atoms with Crippen molar-refractivity contribution in [2.24, 2.45) is 21.8 Å². The number of rotatable bonds is 3. The third-order valence-electron chi connectivity index (χ3n) is 6.14. The molecule has 0 spiro atoms. The number of nitrogens with zero attached hydrogens (tertiary/aromatic N) is 1. The van der Waals surface area contributed by atoms with Gasteiger partial charge in [-0.2, -0.15) is 13.5 Å². The van der Waals surface area contributed by atoms with Gasteiger partial charge in [-0.3, -0.25) is 0 Å². The van der Waals surface area contributed by atoms with E-state index >= 15 is 0 Å². The molecule has 0 amide bonds. The van der Waals surface area contributed by atoms with E-state index in [1.54, 1.807) is 24.3 Å². The van der Waals surface area contributed by atoms with Gasteiger partial charge in [0.15, 0.2) is 0 Å². The monoisotopic (exact) mass is 320 g/mol. The summed E-state index contributed by atoms with van der Waals surface area (Å²) in [6, 6.07) is 6.82. The number of hydrogen-bond acceptors (Lipinski definition) is 3. The predicted molar refractivity (Wildman–Crippen MR) is 88.2 cm³/mol. The maximum Gasteiger partial charge on any atom is 0.276 e. The van der Waals surface area contributed by atoms with Crippen LogP contribution < -0.4 is 4.83 Å². The van der Waals surface area contributed by atoms with Crippen LogP contribution in [0.4, 0.5) is 0 Å². The first kappa shape index (κ1) is 15.5. The molecule has 2 bridgehead atoms.